The van der Waals surface area contributed by atoms with Crippen molar-refractivity contribution in [3.05, 3.63) is 71.1 Å². The van der Waals surface area contributed by atoms with Crippen LogP contribution in [0.5, 0.6) is 5.75 Å². The van der Waals surface area contributed by atoms with E-state index in [0.29, 0.717) is 5.75 Å². The molecule has 0 fully saturated rings. The number of thiazole rings is 1. The normalized spacial score (nSPS) is 10.9. The van der Waals surface area contributed by atoms with Crippen LogP contribution in [0.3, 0.4) is 0 Å². The first-order chi connectivity index (χ1) is 13.0. The summed E-state index contributed by atoms with van der Waals surface area (Å²) in [4.78, 5) is 8.97. The summed E-state index contributed by atoms with van der Waals surface area (Å²) in [5, 5.41) is 16.0. The van der Waals surface area contributed by atoms with Crippen molar-refractivity contribution in [3.8, 4) is 22.7 Å². The molecular formula is C21H20N4OS. The minimum absolute atomic E-state index is 0.311. The molecule has 4 aromatic rings. The van der Waals surface area contributed by atoms with E-state index in [0.717, 1.165) is 44.6 Å². The molecule has 0 bridgehead atoms. The second-order valence-corrected chi connectivity index (χ2v) is 7.44. The highest BCUT2D eigenvalue weighted by atomic mass is 32.1. The second-order valence-electron chi connectivity index (χ2n) is 6.59. The van der Waals surface area contributed by atoms with E-state index in [1.54, 1.807) is 17.4 Å². The zero-order valence-electron chi connectivity index (χ0n) is 15.4. The van der Waals surface area contributed by atoms with Crippen molar-refractivity contribution >= 4 is 22.2 Å². The van der Waals surface area contributed by atoms with E-state index >= 15 is 0 Å². The monoisotopic (exact) mass is 376 g/mol. The lowest BCUT2D eigenvalue weighted by Crippen LogP contribution is -1.94. The molecule has 0 amide bonds. The maximum Gasteiger partial charge on any atom is 0.187 e. The van der Waals surface area contributed by atoms with Crippen LogP contribution in [0.25, 0.3) is 16.9 Å². The summed E-state index contributed by atoms with van der Waals surface area (Å²) in [6.07, 6.45) is 3.82. The van der Waals surface area contributed by atoms with Gasteiger partial charge in [0.25, 0.3) is 0 Å². The third kappa shape index (κ3) is 3.57. The summed E-state index contributed by atoms with van der Waals surface area (Å²) in [6, 6.07) is 12.0. The number of hydrogen-bond donors (Lipinski definition) is 2. The predicted molar refractivity (Wildman–Crippen MR) is 110 cm³/mol. The molecule has 27 heavy (non-hydrogen) atoms. The number of aryl methyl sites for hydroxylation is 3. The van der Waals surface area contributed by atoms with Crippen molar-refractivity contribution in [2.75, 3.05) is 5.32 Å². The number of aromatic nitrogens is 3. The largest absolute Gasteiger partial charge is 0.508 e. The molecule has 2 heterocycles. The summed E-state index contributed by atoms with van der Waals surface area (Å²) in [7, 11) is 0. The molecule has 2 aromatic carbocycles. The van der Waals surface area contributed by atoms with Crippen LogP contribution in [0, 0.1) is 20.8 Å². The van der Waals surface area contributed by atoms with Crippen LogP contribution in [0.1, 0.15) is 16.8 Å². The van der Waals surface area contributed by atoms with Gasteiger partial charge in [0.05, 0.1) is 17.7 Å². The zero-order chi connectivity index (χ0) is 19.0. The Morgan fingerprint density at radius 2 is 1.81 bits per heavy atom. The van der Waals surface area contributed by atoms with E-state index in [1.165, 1.54) is 0 Å². The molecule has 5 nitrogen and oxygen atoms in total. The number of hydrogen-bond acceptors (Lipinski definition) is 5. The number of phenolic OH excluding ortho intramolecular Hbond substituents is 1. The molecule has 0 saturated carbocycles. The number of phenols is 1. The molecule has 0 saturated heterocycles. The number of anilines is 2. The van der Waals surface area contributed by atoms with Gasteiger partial charge in [0, 0.05) is 28.5 Å². The second kappa shape index (κ2) is 6.89. The SMILES string of the molecule is Cc1cn(-c2ccc(-c3csc(Nc4cc(C)c(O)cc4C)n3)cc2)cn1. The van der Waals surface area contributed by atoms with E-state index in [4.69, 9.17) is 4.98 Å². The van der Waals surface area contributed by atoms with Gasteiger partial charge in [-0.1, -0.05) is 12.1 Å². The Kier molecular flexibility index (Phi) is 4.41. The molecule has 0 unspecified atom stereocenters. The van der Waals surface area contributed by atoms with Crippen LogP contribution >= 0.6 is 11.3 Å². The molecule has 0 atom stereocenters. The fourth-order valence-corrected chi connectivity index (χ4v) is 3.61. The summed E-state index contributed by atoms with van der Waals surface area (Å²) in [5.74, 6) is 0.311. The predicted octanol–water partition coefficient (Wildman–Crippen LogP) is 5.37. The van der Waals surface area contributed by atoms with Crippen LogP contribution in [0.4, 0.5) is 10.8 Å². The highest BCUT2D eigenvalue weighted by Gasteiger charge is 2.08. The van der Waals surface area contributed by atoms with Crippen LogP contribution < -0.4 is 5.32 Å². The molecule has 0 aliphatic heterocycles. The van der Waals surface area contributed by atoms with Crippen molar-refractivity contribution in [2.24, 2.45) is 0 Å². The summed E-state index contributed by atoms with van der Waals surface area (Å²) >= 11 is 1.56. The lowest BCUT2D eigenvalue weighted by atomic mass is 10.1. The topological polar surface area (TPSA) is 63.0 Å². The third-order valence-corrected chi connectivity index (χ3v) is 5.22. The Labute approximate surface area is 162 Å². The van der Waals surface area contributed by atoms with Crippen LogP contribution in [0.15, 0.2) is 54.3 Å². The Hall–Kier alpha value is -3.12. The van der Waals surface area contributed by atoms with Gasteiger partial charge in [-0.3, -0.25) is 0 Å². The van der Waals surface area contributed by atoms with Gasteiger partial charge < -0.3 is 15.0 Å². The van der Waals surface area contributed by atoms with Crippen molar-refractivity contribution in [2.45, 2.75) is 20.8 Å². The molecule has 6 heteroatoms. The average molecular weight is 376 g/mol. The summed E-state index contributed by atoms with van der Waals surface area (Å²) in [6.45, 7) is 5.83. The Morgan fingerprint density at radius 1 is 1.04 bits per heavy atom. The number of rotatable bonds is 4. The van der Waals surface area contributed by atoms with Gasteiger partial charge in [-0.15, -0.1) is 11.3 Å². The number of nitrogens with one attached hydrogen (secondary N) is 1. The first-order valence-electron chi connectivity index (χ1n) is 8.64. The molecule has 2 aromatic heterocycles. The van der Waals surface area contributed by atoms with E-state index in [1.807, 2.05) is 49.3 Å². The van der Waals surface area contributed by atoms with Crippen molar-refractivity contribution in [1.82, 2.24) is 14.5 Å². The summed E-state index contributed by atoms with van der Waals surface area (Å²) < 4.78 is 2.00. The number of aromatic hydroxyl groups is 1. The van der Waals surface area contributed by atoms with E-state index < -0.39 is 0 Å². The number of imidazole rings is 1. The minimum atomic E-state index is 0.311. The van der Waals surface area contributed by atoms with Gasteiger partial charge in [0.2, 0.25) is 0 Å². The Balaban J connectivity index is 1.55. The number of nitrogens with zero attached hydrogens (tertiary/aromatic N) is 3. The zero-order valence-corrected chi connectivity index (χ0v) is 16.2. The fraction of sp³-hybridized carbons (Fsp3) is 0.143. The average Bonchev–Trinajstić information content (AvgIpc) is 3.29. The molecule has 0 radical (unpaired) electrons. The van der Waals surface area contributed by atoms with E-state index in [-0.39, 0.29) is 0 Å². The molecule has 2 N–H and O–H groups in total. The van der Waals surface area contributed by atoms with Gasteiger partial charge in [-0.25, -0.2) is 9.97 Å². The van der Waals surface area contributed by atoms with Crippen molar-refractivity contribution in [1.29, 1.82) is 0 Å². The third-order valence-electron chi connectivity index (χ3n) is 4.46. The first-order valence-corrected chi connectivity index (χ1v) is 9.52. The molecule has 136 valence electrons. The van der Waals surface area contributed by atoms with Gasteiger partial charge in [0.1, 0.15) is 5.75 Å². The summed E-state index contributed by atoms with van der Waals surface area (Å²) in [5.41, 5.74) is 6.84. The van der Waals surface area contributed by atoms with Gasteiger partial charge >= 0.3 is 0 Å². The molecule has 4 rings (SSSR count). The lowest BCUT2D eigenvalue weighted by molar-refractivity contribution is 0.471. The maximum atomic E-state index is 9.80. The van der Waals surface area contributed by atoms with Crippen molar-refractivity contribution < 1.29 is 5.11 Å². The molecule has 0 spiro atoms. The minimum Gasteiger partial charge on any atom is -0.508 e. The highest BCUT2D eigenvalue weighted by Crippen LogP contribution is 2.31. The van der Waals surface area contributed by atoms with Crippen LogP contribution in [-0.4, -0.2) is 19.6 Å². The lowest BCUT2D eigenvalue weighted by Gasteiger charge is -2.09. The Morgan fingerprint density at radius 3 is 2.52 bits per heavy atom. The standard InChI is InChI=1S/C21H20N4OS/c1-13-9-20(26)14(2)8-18(13)23-21-24-19(11-27-21)16-4-6-17(7-5-16)25-10-15(3)22-12-25/h4-12,26H,1-3H3,(H,23,24). The fourth-order valence-electron chi connectivity index (χ4n) is 2.88. The van der Waals surface area contributed by atoms with Gasteiger partial charge in [-0.05, 0) is 56.2 Å². The smallest absolute Gasteiger partial charge is 0.187 e. The Bertz CT molecular complexity index is 1100. The van der Waals surface area contributed by atoms with Crippen molar-refractivity contribution in [3.63, 3.8) is 0 Å². The van der Waals surface area contributed by atoms with E-state index in [2.05, 4.69) is 34.6 Å². The number of benzene rings is 2. The highest BCUT2D eigenvalue weighted by molar-refractivity contribution is 7.14. The van der Waals surface area contributed by atoms with Gasteiger partial charge in [0.15, 0.2) is 5.13 Å². The van der Waals surface area contributed by atoms with Gasteiger partial charge in [-0.2, -0.15) is 0 Å². The van der Waals surface area contributed by atoms with Crippen LogP contribution in [-0.2, 0) is 0 Å². The quantitative estimate of drug-likeness (QED) is 0.470. The van der Waals surface area contributed by atoms with E-state index in [9.17, 15) is 5.11 Å². The molecular weight excluding hydrogens is 356 g/mol. The maximum absolute atomic E-state index is 9.80. The molecule has 0 aliphatic rings. The van der Waals surface area contributed by atoms with Crippen LogP contribution in [0.2, 0.25) is 0 Å². The first kappa shape index (κ1) is 17.3. The molecule has 0 aliphatic carbocycles.